The first-order valence-electron chi connectivity index (χ1n) is 13.1. The number of ether oxygens (including phenoxy) is 1. The highest BCUT2D eigenvalue weighted by molar-refractivity contribution is 6.09. The molecule has 2 aliphatic heterocycles. The number of nitrogens with one attached hydrogen (secondary N) is 1. The fraction of sp³-hybridized carbons (Fsp3) is 0.414. The van der Waals surface area contributed by atoms with Crippen LogP contribution in [0.2, 0.25) is 0 Å². The Morgan fingerprint density at radius 2 is 1.78 bits per heavy atom. The summed E-state index contributed by atoms with van der Waals surface area (Å²) in [6.07, 6.45) is 3.54. The maximum atomic E-state index is 13.6. The number of benzene rings is 2. The van der Waals surface area contributed by atoms with Crippen molar-refractivity contribution in [2.24, 2.45) is 0 Å². The lowest BCUT2D eigenvalue weighted by molar-refractivity contribution is -0.0966. The van der Waals surface area contributed by atoms with Gasteiger partial charge >= 0.3 is 0 Å². The van der Waals surface area contributed by atoms with Crippen LogP contribution in [0, 0.1) is 0 Å². The van der Waals surface area contributed by atoms with Crippen LogP contribution >= 0.6 is 0 Å². The Hall–Kier alpha value is -3.49. The summed E-state index contributed by atoms with van der Waals surface area (Å²) in [5.74, 6) is 1.11. The molecule has 5 rings (SSSR count). The third-order valence-corrected chi connectivity index (χ3v) is 7.43. The van der Waals surface area contributed by atoms with E-state index >= 15 is 0 Å². The molecule has 0 radical (unpaired) electrons. The molecule has 0 aliphatic carbocycles. The van der Waals surface area contributed by atoms with Gasteiger partial charge in [-0.2, -0.15) is 4.98 Å². The molecule has 0 saturated carbocycles. The Balaban J connectivity index is 1.37. The SMILES string of the molecule is CCNc1ncc2c(n1)N(C)CCN(c1cccc(COC3(c4ccccc4)CCN(C)CC3)c1)C2=O. The summed E-state index contributed by atoms with van der Waals surface area (Å²) in [7, 11) is 4.13. The van der Waals surface area contributed by atoms with Crippen molar-refractivity contribution in [1.82, 2.24) is 14.9 Å². The highest BCUT2D eigenvalue weighted by Crippen LogP contribution is 2.37. The zero-order valence-electron chi connectivity index (χ0n) is 22.0. The fourth-order valence-corrected chi connectivity index (χ4v) is 5.18. The Kier molecular flexibility index (Phi) is 7.39. The Bertz CT molecular complexity index is 1230. The van der Waals surface area contributed by atoms with Crippen LogP contribution in [0.25, 0.3) is 0 Å². The molecule has 37 heavy (non-hydrogen) atoms. The number of hydrogen-bond acceptors (Lipinski definition) is 7. The molecule has 1 aromatic heterocycles. The minimum Gasteiger partial charge on any atom is -0.366 e. The smallest absolute Gasteiger partial charge is 0.263 e. The molecule has 3 aromatic rings. The number of aromatic nitrogens is 2. The van der Waals surface area contributed by atoms with E-state index in [1.165, 1.54) is 5.56 Å². The van der Waals surface area contributed by atoms with Gasteiger partial charge in [0.1, 0.15) is 11.4 Å². The molecule has 0 atom stereocenters. The molecule has 0 unspecified atom stereocenters. The van der Waals surface area contributed by atoms with Gasteiger partial charge in [-0.3, -0.25) is 4.79 Å². The summed E-state index contributed by atoms with van der Waals surface area (Å²) < 4.78 is 6.73. The van der Waals surface area contributed by atoms with E-state index in [2.05, 4.69) is 69.7 Å². The first kappa shape index (κ1) is 25.2. The summed E-state index contributed by atoms with van der Waals surface area (Å²) >= 11 is 0. The van der Waals surface area contributed by atoms with Crippen LogP contribution in [0.4, 0.5) is 17.5 Å². The summed E-state index contributed by atoms with van der Waals surface area (Å²) in [5, 5.41) is 3.13. The lowest BCUT2D eigenvalue weighted by atomic mass is 9.84. The van der Waals surface area contributed by atoms with E-state index < -0.39 is 0 Å². The molecule has 1 N–H and O–H groups in total. The van der Waals surface area contributed by atoms with Gasteiger partial charge in [0.25, 0.3) is 5.91 Å². The van der Waals surface area contributed by atoms with Crippen LogP contribution in [0.15, 0.2) is 60.8 Å². The molecule has 8 nitrogen and oxygen atoms in total. The monoisotopic (exact) mass is 500 g/mol. The lowest BCUT2D eigenvalue weighted by Crippen LogP contribution is -2.42. The van der Waals surface area contributed by atoms with E-state index in [1.54, 1.807) is 6.20 Å². The molecule has 1 fully saturated rings. The van der Waals surface area contributed by atoms with E-state index in [0.717, 1.165) is 43.7 Å². The van der Waals surface area contributed by atoms with Gasteiger partial charge < -0.3 is 24.8 Å². The van der Waals surface area contributed by atoms with Gasteiger partial charge in [0.15, 0.2) is 0 Å². The number of rotatable bonds is 7. The minimum atomic E-state index is -0.300. The van der Waals surface area contributed by atoms with E-state index in [9.17, 15) is 4.79 Å². The number of hydrogen-bond donors (Lipinski definition) is 1. The Labute approximate surface area is 219 Å². The normalized spacial score (nSPS) is 17.9. The molecule has 1 amide bonds. The number of fused-ring (bicyclic) bond motifs is 1. The van der Waals surface area contributed by atoms with Crippen LogP contribution in [0.5, 0.6) is 0 Å². The fourth-order valence-electron chi connectivity index (χ4n) is 5.18. The van der Waals surface area contributed by atoms with Crippen LogP contribution in [-0.2, 0) is 16.9 Å². The van der Waals surface area contributed by atoms with Crippen LogP contribution in [0.3, 0.4) is 0 Å². The number of nitrogens with zero attached hydrogens (tertiary/aromatic N) is 5. The Morgan fingerprint density at radius 1 is 1.00 bits per heavy atom. The van der Waals surface area contributed by atoms with Gasteiger partial charge in [0.05, 0.1) is 12.2 Å². The molecular formula is C29H36N6O2. The number of anilines is 3. The summed E-state index contributed by atoms with van der Waals surface area (Å²) in [6, 6.07) is 18.7. The average molecular weight is 501 g/mol. The number of piperidine rings is 1. The molecule has 2 aromatic carbocycles. The predicted molar refractivity (Wildman–Crippen MR) is 147 cm³/mol. The predicted octanol–water partition coefficient (Wildman–Crippen LogP) is 4.14. The minimum absolute atomic E-state index is 0.0865. The molecule has 3 heterocycles. The first-order valence-corrected chi connectivity index (χ1v) is 13.1. The zero-order valence-corrected chi connectivity index (χ0v) is 22.0. The molecule has 0 spiro atoms. The van der Waals surface area contributed by atoms with Gasteiger partial charge in [-0.1, -0.05) is 42.5 Å². The van der Waals surface area contributed by atoms with Crippen molar-refractivity contribution in [3.8, 4) is 0 Å². The van der Waals surface area contributed by atoms with Gasteiger partial charge in [-0.25, -0.2) is 4.98 Å². The van der Waals surface area contributed by atoms with Gasteiger partial charge in [-0.15, -0.1) is 0 Å². The van der Waals surface area contributed by atoms with Gasteiger partial charge in [0, 0.05) is 51.7 Å². The van der Waals surface area contributed by atoms with Crippen molar-refractivity contribution in [3.63, 3.8) is 0 Å². The molecule has 8 heteroatoms. The van der Waals surface area contributed by atoms with Gasteiger partial charge in [0.2, 0.25) is 5.95 Å². The van der Waals surface area contributed by atoms with E-state index in [-0.39, 0.29) is 11.5 Å². The summed E-state index contributed by atoms with van der Waals surface area (Å²) in [4.78, 5) is 28.8. The zero-order chi connectivity index (χ0) is 25.8. The highest BCUT2D eigenvalue weighted by Gasteiger charge is 2.36. The third-order valence-electron chi connectivity index (χ3n) is 7.43. The van der Waals surface area contributed by atoms with Crippen molar-refractivity contribution in [1.29, 1.82) is 0 Å². The molecule has 194 valence electrons. The molecule has 0 bridgehead atoms. The quantitative estimate of drug-likeness (QED) is 0.523. The maximum absolute atomic E-state index is 13.6. The Morgan fingerprint density at radius 3 is 2.54 bits per heavy atom. The number of carbonyl (C=O) groups excluding carboxylic acids is 1. The number of carbonyl (C=O) groups is 1. The van der Waals surface area contributed by atoms with Crippen molar-refractivity contribution >= 4 is 23.4 Å². The standard InChI is InChI=1S/C29H36N6O2/c1-4-30-28-31-20-25-26(32-28)34(3)17-18-35(27(25)36)24-12-8-9-22(19-24)21-37-29(13-15-33(2)16-14-29)23-10-6-5-7-11-23/h5-12,19-20H,4,13-18,21H2,1-3H3,(H,30,31,32). The molecule has 1 saturated heterocycles. The first-order chi connectivity index (χ1) is 18.0. The van der Waals surface area contributed by atoms with Crippen LogP contribution < -0.4 is 15.1 Å². The second-order valence-corrected chi connectivity index (χ2v) is 9.96. The number of amides is 1. The van der Waals surface area contributed by atoms with Crippen LogP contribution in [-0.4, -0.2) is 67.6 Å². The van der Waals surface area contributed by atoms with Crippen molar-refractivity contribution in [2.75, 3.05) is 61.9 Å². The van der Waals surface area contributed by atoms with Gasteiger partial charge in [-0.05, 0) is 50.1 Å². The van der Waals surface area contributed by atoms with E-state index in [4.69, 9.17) is 4.74 Å². The number of likely N-dealkylation sites (tertiary alicyclic amines) is 1. The lowest BCUT2D eigenvalue weighted by Gasteiger charge is -2.41. The highest BCUT2D eigenvalue weighted by atomic mass is 16.5. The van der Waals surface area contributed by atoms with E-state index in [1.807, 2.05) is 35.9 Å². The van der Waals surface area contributed by atoms with Crippen LogP contribution in [0.1, 0.15) is 41.3 Å². The second kappa shape index (κ2) is 10.9. The number of likely N-dealkylation sites (N-methyl/N-ethyl adjacent to an activating group) is 1. The third kappa shape index (κ3) is 5.31. The molecular weight excluding hydrogens is 464 g/mol. The largest absolute Gasteiger partial charge is 0.366 e. The van der Waals surface area contributed by atoms with Crippen molar-refractivity contribution < 1.29 is 9.53 Å². The second-order valence-electron chi connectivity index (χ2n) is 9.96. The summed E-state index contributed by atoms with van der Waals surface area (Å²) in [5.41, 5.74) is 3.36. The van der Waals surface area contributed by atoms with Crippen molar-refractivity contribution in [2.45, 2.75) is 32.0 Å². The molecule has 2 aliphatic rings. The maximum Gasteiger partial charge on any atom is 0.263 e. The van der Waals surface area contributed by atoms with E-state index in [0.29, 0.717) is 37.0 Å². The summed E-state index contributed by atoms with van der Waals surface area (Å²) in [6.45, 7) is 6.44. The van der Waals surface area contributed by atoms with Crippen molar-refractivity contribution in [3.05, 3.63) is 77.5 Å². The topological polar surface area (TPSA) is 73.8 Å². The average Bonchev–Trinajstić information content (AvgIpc) is 3.05.